The fourth-order valence-electron chi connectivity index (χ4n) is 3.44. The van der Waals surface area contributed by atoms with E-state index in [2.05, 4.69) is 19.6 Å². The topological polar surface area (TPSA) is 81.0 Å². The van der Waals surface area contributed by atoms with E-state index in [0.29, 0.717) is 28.6 Å². The number of halogens is 3. The van der Waals surface area contributed by atoms with Crippen LogP contribution in [0.25, 0.3) is 22.0 Å². The third-order valence-corrected chi connectivity index (χ3v) is 6.43. The second-order valence-electron chi connectivity index (χ2n) is 7.48. The van der Waals surface area contributed by atoms with Crippen molar-refractivity contribution in [3.63, 3.8) is 0 Å². The Morgan fingerprint density at radius 1 is 1.21 bits per heavy atom. The van der Waals surface area contributed by atoms with Gasteiger partial charge in [0.05, 0.1) is 16.1 Å². The van der Waals surface area contributed by atoms with Crippen LogP contribution in [0.4, 0.5) is 13.2 Å². The van der Waals surface area contributed by atoms with Gasteiger partial charge >= 0.3 is 11.9 Å². The van der Waals surface area contributed by atoms with E-state index < -0.39 is 17.5 Å². The third kappa shape index (κ3) is 4.87. The standard InChI is InChI=1S/C22H19BF3N3O3S/c1-3-17(31-14-8-9-15(16(23)10-14)19-28-21(30)32-29-19)18-11(2)27-20(33-18)12-4-6-13(7-5-12)22(24,25)26/h4-10,17H,3,23H2,1-2H3,(H,28,29,30). The Balaban J connectivity index is 1.56. The van der Waals surface area contributed by atoms with E-state index in [1.807, 2.05) is 27.8 Å². The molecule has 11 heteroatoms. The van der Waals surface area contributed by atoms with Crippen LogP contribution in [-0.4, -0.2) is 23.0 Å². The average Bonchev–Trinajstić information content (AvgIpc) is 3.37. The normalized spacial score (nSPS) is 12.6. The van der Waals surface area contributed by atoms with Crippen molar-refractivity contribution in [3.8, 4) is 27.7 Å². The molecule has 6 nitrogen and oxygen atoms in total. The first-order valence-electron chi connectivity index (χ1n) is 10.1. The van der Waals surface area contributed by atoms with Gasteiger partial charge < -0.3 is 4.74 Å². The molecule has 0 aliphatic heterocycles. The van der Waals surface area contributed by atoms with Gasteiger partial charge in [0.25, 0.3) is 0 Å². The lowest BCUT2D eigenvalue weighted by atomic mass is 9.90. The number of alkyl halides is 3. The maximum atomic E-state index is 12.8. The van der Waals surface area contributed by atoms with E-state index in [4.69, 9.17) is 4.74 Å². The first-order chi connectivity index (χ1) is 15.7. The fraction of sp³-hybridized carbons (Fsp3) is 0.227. The number of hydrogen-bond acceptors (Lipinski definition) is 6. The summed E-state index contributed by atoms with van der Waals surface area (Å²) >= 11 is 1.41. The van der Waals surface area contributed by atoms with Gasteiger partial charge in [-0.15, -0.1) is 11.3 Å². The van der Waals surface area contributed by atoms with Gasteiger partial charge in [0.2, 0.25) is 0 Å². The zero-order valence-corrected chi connectivity index (χ0v) is 18.8. The van der Waals surface area contributed by atoms with Crippen molar-refractivity contribution < 1.29 is 22.4 Å². The van der Waals surface area contributed by atoms with Crippen LogP contribution in [0.2, 0.25) is 0 Å². The first-order valence-corrected chi connectivity index (χ1v) is 11.0. The molecule has 1 atom stereocenters. The first kappa shape index (κ1) is 22.8. The lowest BCUT2D eigenvalue weighted by Gasteiger charge is -2.17. The van der Waals surface area contributed by atoms with Crippen molar-refractivity contribution in [2.75, 3.05) is 0 Å². The van der Waals surface area contributed by atoms with Crippen molar-refractivity contribution in [1.29, 1.82) is 0 Å². The molecule has 0 amide bonds. The molecule has 33 heavy (non-hydrogen) atoms. The van der Waals surface area contributed by atoms with Gasteiger partial charge in [-0.05, 0) is 43.7 Å². The molecule has 0 fully saturated rings. The smallest absolute Gasteiger partial charge is 0.439 e. The second kappa shape index (κ2) is 8.89. The molecular formula is C22H19BF3N3O3S. The molecule has 2 heterocycles. The van der Waals surface area contributed by atoms with Gasteiger partial charge in [0.15, 0.2) is 5.82 Å². The molecule has 0 aliphatic rings. The Morgan fingerprint density at radius 2 is 1.94 bits per heavy atom. The summed E-state index contributed by atoms with van der Waals surface area (Å²) in [5.74, 6) is 0.355. The molecule has 1 unspecified atom stereocenters. The number of rotatable bonds is 6. The molecule has 0 saturated carbocycles. The van der Waals surface area contributed by atoms with Gasteiger partial charge in [0.1, 0.15) is 24.7 Å². The van der Waals surface area contributed by atoms with Gasteiger partial charge in [0, 0.05) is 11.1 Å². The minimum Gasteiger partial charge on any atom is -0.485 e. The molecule has 4 aromatic rings. The average molecular weight is 473 g/mol. The van der Waals surface area contributed by atoms with Crippen LogP contribution in [-0.2, 0) is 6.18 Å². The fourth-order valence-corrected chi connectivity index (χ4v) is 4.62. The minimum atomic E-state index is -4.37. The zero-order chi connectivity index (χ0) is 23.8. The van der Waals surface area contributed by atoms with Crippen molar-refractivity contribution in [2.45, 2.75) is 32.5 Å². The minimum absolute atomic E-state index is 0.275. The second-order valence-corrected chi connectivity index (χ2v) is 8.51. The Kier molecular flexibility index (Phi) is 6.16. The number of nitrogens with zero attached hydrogens (tertiary/aromatic N) is 2. The van der Waals surface area contributed by atoms with Crippen molar-refractivity contribution in [3.05, 3.63) is 69.1 Å². The van der Waals surface area contributed by atoms with Crippen LogP contribution in [0.5, 0.6) is 5.75 Å². The van der Waals surface area contributed by atoms with Crippen LogP contribution in [0.15, 0.2) is 51.8 Å². The maximum Gasteiger partial charge on any atom is 0.439 e. The molecule has 2 aromatic heterocycles. The van der Waals surface area contributed by atoms with Gasteiger partial charge in [-0.1, -0.05) is 29.7 Å². The number of aryl methyl sites for hydroxylation is 1. The summed E-state index contributed by atoms with van der Waals surface area (Å²) in [5.41, 5.74) is 2.27. The number of H-pyrrole nitrogens is 1. The molecule has 4 rings (SSSR count). The van der Waals surface area contributed by atoms with Crippen LogP contribution in [0.3, 0.4) is 0 Å². The number of aromatic nitrogens is 3. The molecule has 0 spiro atoms. The quantitative estimate of drug-likeness (QED) is 0.423. The molecule has 0 bridgehead atoms. The third-order valence-electron chi connectivity index (χ3n) is 5.13. The van der Waals surface area contributed by atoms with E-state index in [1.165, 1.54) is 23.5 Å². The molecule has 0 radical (unpaired) electrons. The van der Waals surface area contributed by atoms with E-state index in [1.54, 1.807) is 12.1 Å². The van der Waals surface area contributed by atoms with Gasteiger partial charge in [-0.2, -0.15) is 13.2 Å². The molecule has 2 aromatic carbocycles. The highest BCUT2D eigenvalue weighted by Gasteiger charge is 2.30. The number of nitrogens with one attached hydrogen (secondary N) is 1. The van der Waals surface area contributed by atoms with Crippen LogP contribution < -0.4 is 16.0 Å². The summed E-state index contributed by atoms with van der Waals surface area (Å²) in [4.78, 5) is 19.2. The summed E-state index contributed by atoms with van der Waals surface area (Å²) in [6, 6.07) is 10.4. The van der Waals surface area contributed by atoms with E-state index in [0.717, 1.165) is 33.7 Å². The Labute approximate surface area is 191 Å². The Hall–Kier alpha value is -3.34. The summed E-state index contributed by atoms with van der Waals surface area (Å²) in [5, 5.41) is 4.35. The largest absolute Gasteiger partial charge is 0.485 e. The predicted octanol–water partition coefficient (Wildman–Crippen LogP) is 4.27. The highest BCUT2D eigenvalue weighted by molar-refractivity contribution is 7.15. The Morgan fingerprint density at radius 3 is 2.52 bits per heavy atom. The maximum absolute atomic E-state index is 12.8. The van der Waals surface area contributed by atoms with Crippen LogP contribution in [0.1, 0.15) is 35.6 Å². The van der Waals surface area contributed by atoms with Crippen molar-refractivity contribution in [2.24, 2.45) is 0 Å². The number of hydrogen-bond donors (Lipinski definition) is 1. The van der Waals surface area contributed by atoms with Gasteiger partial charge in [-0.25, -0.2) is 9.78 Å². The van der Waals surface area contributed by atoms with E-state index in [9.17, 15) is 18.0 Å². The highest BCUT2D eigenvalue weighted by atomic mass is 32.1. The number of aromatic amines is 1. The Bertz CT molecular complexity index is 1330. The summed E-state index contributed by atoms with van der Waals surface area (Å²) in [6.45, 7) is 3.85. The van der Waals surface area contributed by atoms with E-state index in [-0.39, 0.29) is 6.10 Å². The van der Waals surface area contributed by atoms with Crippen LogP contribution in [0, 0.1) is 6.92 Å². The molecule has 0 saturated heterocycles. The lowest BCUT2D eigenvalue weighted by molar-refractivity contribution is -0.137. The molecular weight excluding hydrogens is 454 g/mol. The predicted molar refractivity (Wildman–Crippen MR) is 122 cm³/mol. The van der Waals surface area contributed by atoms with Crippen LogP contribution >= 0.6 is 11.3 Å². The molecule has 170 valence electrons. The molecule has 1 N–H and O–H groups in total. The zero-order valence-electron chi connectivity index (χ0n) is 18.0. The van der Waals surface area contributed by atoms with Crippen molar-refractivity contribution >= 4 is 24.6 Å². The number of thiazole rings is 1. The SMILES string of the molecule is Bc1cc(OC(CC)c2sc(-c3ccc(C(F)(F)F)cc3)nc2C)ccc1-c1noc(=O)[nH]1. The number of ether oxygens (including phenoxy) is 1. The summed E-state index contributed by atoms with van der Waals surface area (Å²) < 4.78 is 49.3. The monoisotopic (exact) mass is 473 g/mol. The van der Waals surface area contributed by atoms with E-state index >= 15 is 0 Å². The lowest BCUT2D eigenvalue weighted by Crippen LogP contribution is -2.11. The summed E-state index contributed by atoms with van der Waals surface area (Å²) in [7, 11) is 1.87. The molecule has 0 aliphatic carbocycles. The number of benzene rings is 2. The highest BCUT2D eigenvalue weighted by Crippen LogP contribution is 2.37. The van der Waals surface area contributed by atoms with Gasteiger partial charge in [-0.3, -0.25) is 9.51 Å². The summed E-state index contributed by atoms with van der Waals surface area (Å²) in [6.07, 6.45) is -3.98. The van der Waals surface area contributed by atoms with Crippen molar-refractivity contribution in [1.82, 2.24) is 15.1 Å².